The van der Waals surface area contributed by atoms with E-state index in [1.807, 2.05) is 30.3 Å². The second-order valence-electron chi connectivity index (χ2n) is 17.8. The Hall–Kier alpha value is -3.59. The van der Waals surface area contributed by atoms with Gasteiger partial charge in [0.05, 0.1) is 51.3 Å². The van der Waals surface area contributed by atoms with E-state index < -0.39 is 23.8 Å². The van der Waals surface area contributed by atoms with E-state index in [0.29, 0.717) is 30.9 Å². The van der Waals surface area contributed by atoms with Crippen LogP contribution in [0.5, 0.6) is 11.5 Å². The number of fused-ring (bicyclic) bond motifs is 2. The first-order valence-electron chi connectivity index (χ1n) is 25.0. The molecule has 6 atom stereocenters. The summed E-state index contributed by atoms with van der Waals surface area (Å²) in [6.07, 6.45) is 20.2. The lowest BCUT2D eigenvalue weighted by atomic mass is 9.55. The maximum absolute atomic E-state index is 14.6. The summed E-state index contributed by atoms with van der Waals surface area (Å²) in [4.78, 5) is 23.1. The first kappa shape index (κ1) is 53.4. The van der Waals surface area contributed by atoms with Crippen molar-refractivity contribution in [2.45, 2.75) is 139 Å². The molecule has 66 heavy (non-hydrogen) atoms. The van der Waals surface area contributed by atoms with Gasteiger partial charge in [0.25, 0.3) is 0 Å². The molecule has 2 aromatic carbocycles. The normalized spacial score (nSPS) is 22.5. The van der Waals surface area contributed by atoms with Crippen molar-refractivity contribution >= 4 is 23.6 Å². The second-order valence-corrected chi connectivity index (χ2v) is 19.0. The van der Waals surface area contributed by atoms with Crippen molar-refractivity contribution in [3.63, 3.8) is 0 Å². The average molecular weight is 937 g/mol. The van der Waals surface area contributed by atoms with Gasteiger partial charge in [0.1, 0.15) is 24.7 Å². The molecule has 12 nitrogen and oxygen atoms in total. The molecule has 1 aliphatic heterocycles. The predicted octanol–water partition coefficient (Wildman–Crippen LogP) is 10.5. The number of hydrogen-bond donors (Lipinski definition) is 3. The van der Waals surface area contributed by atoms with E-state index in [1.165, 1.54) is 49.8 Å². The molecule has 1 fully saturated rings. The van der Waals surface area contributed by atoms with E-state index >= 15 is 0 Å². The molecule has 368 valence electrons. The molecule has 3 aliphatic rings. The van der Waals surface area contributed by atoms with Crippen LogP contribution < -0.4 is 9.47 Å². The predicted molar refractivity (Wildman–Crippen MR) is 262 cm³/mol. The standard InChI is InChI=1S/C53H80N2O10S/c1-4-6-7-8-9-10-11-12-13-21-33-63-52(59)55(28-34-61-35-31-58)49-40-47(54-60-3)45-38-41(22-17-19-29-56)44(25-18-20-30-57)50-46-39-42(62-36-37-66-43-23-15-14-16-24-43)26-27-48(46)65-53(49,51(45)50)64-32-5-2/h5,14-16,23-24,26-27,38-39,41,44,49-51,56-58H,2,4,6-13,17-22,25,28-37,40H2,1,3H3/t41-,44+,49-,50+,51+,53+/m0/s1. The van der Waals surface area contributed by atoms with Gasteiger partial charge in [0.15, 0.2) is 0 Å². The van der Waals surface area contributed by atoms with Crippen molar-refractivity contribution in [3.05, 3.63) is 78.4 Å². The van der Waals surface area contributed by atoms with Crippen molar-refractivity contribution in [3.8, 4) is 11.5 Å². The topological polar surface area (TPSA) is 149 Å². The number of nitrogens with zero attached hydrogens (tertiary/aromatic N) is 2. The highest BCUT2D eigenvalue weighted by atomic mass is 32.2. The number of unbranched alkanes of at least 4 members (excludes halogenated alkanes) is 11. The molecule has 0 aromatic heterocycles. The van der Waals surface area contributed by atoms with Crippen LogP contribution in [0.1, 0.15) is 128 Å². The zero-order valence-corrected chi connectivity index (χ0v) is 40.8. The number of benzene rings is 2. The molecule has 0 bridgehead atoms. The van der Waals surface area contributed by atoms with Crippen LogP contribution in [0.3, 0.4) is 0 Å². The fraction of sp³-hybridized carbons (Fsp3) is 0.660. The summed E-state index contributed by atoms with van der Waals surface area (Å²) in [5.74, 6) is 0.298. The van der Waals surface area contributed by atoms with Gasteiger partial charge in [0, 0.05) is 48.3 Å². The van der Waals surface area contributed by atoms with Crippen LogP contribution in [0.15, 0.2) is 82.9 Å². The Morgan fingerprint density at radius 1 is 0.879 bits per heavy atom. The number of carbonyl (C=O) groups is 1. The Morgan fingerprint density at radius 2 is 1.61 bits per heavy atom. The molecule has 0 spiro atoms. The lowest BCUT2D eigenvalue weighted by Gasteiger charge is -2.59. The van der Waals surface area contributed by atoms with Crippen LogP contribution in [0.25, 0.3) is 0 Å². The minimum Gasteiger partial charge on any atom is -0.493 e. The molecule has 1 heterocycles. The second kappa shape index (κ2) is 30.0. The molecule has 13 heteroatoms. The molecule has 3 N–H and O–H groups in total. The molecular formula is C53H80N2O10S. The quantitative estimate of drug-likeness (QED) is 0.0266. The van der Waals surface area contributed by atoms with E-state index in [9.17, 15) is 20.1 Å². The van der Waals surface area contributed by atoms with Crippen LogP contribution in [0, 0.1) is 17.8 Å². The molecule has 1 amide bonds. The van der Waals surface area contributed by atoms with Gasteiger partial charge in [-0.1, -0.05) is 113 Å². The third-order valence-corrected chi connectivity index (χ3v) is 14.2. The Morgan fingerprint density at radius 3 is 2.30 bits per heavy atom. The summed E-state index contributed by atoms with van der Waals surface area (Å²) in [5.41, 5.74) is 2.66. The summed E-state index contributed by atoms with van der Waals surface area (Å²) in [6.45, 7) is 7.75. The van der Waals surface area contributed by atoms with Crippen LogP contribution in [-0.2, 0) is 19.0 Å². The van der Waals surface area contributed by atoms with Gasteiger partial charge in [-0.05, 0) is 79.8 Å². The lowest BCUT2D eigenvalue weighted by molar-refractivity contribution is -0.256. The smallest absolute Gasteiger partial charge is 0.410 e. The van der Waals surface area contributed by atoms with E-state index in [4.69, 9.17) is 33.7 Å². The summed E-state index contributed by atoms with van der Waals surface area (Å²) in [7, 11) is 1.54. The van der Waals surface area contributed by atoms with E-state index in [-0.39, 0.29) is 77.0 Å². The number of hydrogen-bond acceptors (Lipinski definition) is 12. The third-order valence-electron chi connectivity index (χ3n) is 13.3. The van der Waals surface area contributed by atoms with E-state index in [0.717, 1.165) is 67.6 Å². The minimum atomic E-state index is -1.42. The Balaban J connectivity index is 1.53. The SMILES string of the molecule is C=CCO[C@@]12Oc3ccc(OCCSc4ccccc4)cc3[C@H]3[C@H](CCCCO)[C@@H](CCCCO)C=C(C(=NOC)C[C@@H]1N(CCOCCO)C(=O)OCCCCCCCCCCCC)[C@H]32. The van der Waals surface area contributed by atoms with Gasteiger partial charge < -0.3 is 43.8 Å². The molecule has 0 saturated heterocycles. The molecule has 2 aliphatic carbocycles. The maximum atomic E-state index is 14.6. The molecule has 2 aromatic rings. The minimum absolute atomic E-state index is 0.0782. The number of carbonyl (C=O) groups excluding carboxylic acids is 1. The summed E-state index contributed by atoms with van der Waals surface area (Å²) >= 11 is 1.75. The molecule has 0 unspecified atom stereocenters. The highest BCUT2D eigenvalue weighted by Gasteiger charge is 2.65. The molecule has 0 radical (unpaired) electrons. The van der Waals surface area contributed by atoms with Crippen LogP contribution in [-0.4, -0.2) is 116 Å². The van der Waals surface area contributed by atoms with Gasteiger partial charge in [-0.2, -0.15) is 0 Å². The van der Waals surface area contributed by atoms with Crippen molar-refractivity contribution in [2.75, 3.05) is 72.3 Å². The zero-order chi connectivity index (χ0) is 46.8. The monoisotopic (exact) mass is 937 g/mol. The number of aliphatic hydroxyl groups is 3. The molecule has 5 rings (SSSR count). The lowest BCUT2D eigenvalue weighted by Crippen LogP contribution is -2.70. The Bertz CT molecular complexity index is 1760. The number of oxime groups is 1. The number of amides is 1. The fourth-order valence-corrected chi connectivity index (χ4v) is 11.0. The number of ether oxygens (including phenoxy) is 5. The summed E-state index contributed by atoms with van der Waals surface area (Å²) in [6, 6.07) is 15.6. The van der Waals surface area contributed by atoms with E-state index in [2.05, 4.69) is 37.8 Å². The van der Waals surface area contributed by atoms with E-state index in [1.54, 1.807) is 29.8 Å². The molecular weight excluding hydrogens is 857 g/mol. The Labute approximate surface area is 399 Å². The first-order chi connectivity index (χ1) is 32.5. The van der Waals surface area contributed by atoms with Gasteiger partial charge in [-0.25, -0.2) is 4.79 Å². The Kier molecular flexibility index (Phi) is 24.3. The van der Waals surface area contributed by atoms with Crippen molar-refractivity contribution in [1.29, 1.82) is 0 Å². The molecule has 1 saturated carbocycles. The number of thioether (sulfide) groups is 1. The van der Waals surface area contributed by atoms with Gasteiger partial charge in [-0.3, -0.25) is 4.90 Å². The third kappa shape index (κ3) is 15.2. The van der Waals surface area contributed by atoms with Gasteiger partial charge >= 0.3 is 6.09 Å². The number of rotatable bonds is 34. The van der Waals surface area contributed by atoms with Crippen molar-refractivity contribution in [2.24, 2.45) is 22.9 Å². The van der Waals surface area contributed by atoms with Crippen LogP contribution in [0.4, 0.5) is 4.79 Å². The summed E-state index contributed by atoms with van der Waals surface area (Å²) < 4.78 is 32.8. The summed E-state index contributed by atoms with van der Waals surface area (Å²) in [5, 5.41) is 34.2. The number of aliphatic hydroxyl groups excluding tert-OH is 3. The fourth-order valence-electron chi connectivity index (χ4n) is 10.2. The maximum Gasteiger partial charge on any atom is 0.410 e. The van der Waals surface area contributed by atoms with Crippen molar-refractivity contribution in [1.82, 2.24) is 4.90 Å². The van der Waals surface area contributed by atoms with Gasteiger partial charge in [-0.15, -0.1) is 18.3 Å². The van der Waals surface area contributed by atoms with Crippen LogP contribution >= 0.6 is 11.8 Å². The first-order valence-corrected chi connectivity index (χ1v) is 26.0. The number of allylic oxidation sites excluding steroid dienone is 1. The average Bonchev–Trinajstić information content (AvgIpc) is 3.33. The largest absolute Gasteiger partial charge is 0.493 e. The zero-order valence-electron chi connectivity index (χ0n) is 40.0. The van der Waals surface area contributed by atoms with Gasteiger partial charge in [0.2, 0.25) is 5.79 Å². The highest BCUT2D eigenvalue weighted by Crippen LogP contribution is 2.62. The van der Waals surface area contributed by atoms with Crippen LogP contribution in [0.2, 0.25) is 0 Å². The van der Waals surface area contributed by atoms with Crippen molar-refractivity contribution < 1.29 is 48.6 Å². The highest BCUT2D eigenvalue weighted by molar-refractivity contribution is 7.99.